The molecule has 0 bridgehead atoms. The van der Waals surface area contributed by atoms with Gasteiger partial charge in [-0.05, 0) is 44.9 Å². The Hall–Kier alpha value is -0.120. The summed E-state index contributed by atoms with van der Waals surface area (Å²) in [5.74, 6) is 0.640. The van der Waals surface area contributed by atoms with E-state index in [2.05, 4.69) is 23.6 Å². The number of nitrogens with two attached hydrogens (primary N) is 1. The molecule has 0 radical (unpaired) electrons. The van der Waals surface area contributed by atoms with Gasteiger partial charge in [0.25, 0.3) is 0 Å². The highest BCUT2D eigenvalue weighted by Crippen LogP contribution is 2.07. The number of nitrogens with zero attached hydrogens (tertiary/aromatic N) is 2. The first-order chi connectivity index (χ1) is 8.26. The van der Waals surface area contributed by atoms with Crippen molar-refractivity contribution in [1.29, 1.82) is 0 Å². The van der Waals surface area contributed by atoms with Crippen molar-refractivity contribution in [3.05, 3.63) is 0 Å². The van der Waals surface area contributed by atoms with Gasteiger partial charge >= 0.3 is 0 Å². The zero-order valence-electron chi connectivity index (χ0n) is 11.8. The molecule has 17 heavy (non-hydrogen) atoms. The minimum absolute atomic E-state index is 0.640. The van der Waals surface area contributed by atoms with E-state index in [0.717, 1.165) is 6.54 Å². The molecule has 1 fully saturated rings. The van der Waals surface area contributed by atoms with Crippen LogP contribution < -0.4 is 5.73 Å². The van der Waals surface area contributed by atoms with Gasteiger partial charge in [-0.3, -0.25) is 0 Å². The van der Waals surface area contributed by atoms with Gasteiger partial charge < -0.3 is 15.5 Å². The molecular weight excluding hydrogens is 210 g/mol. The van der Waals surface area contributed by atoms with E-state index in [1.54, 1.807) is 0 Å². The largest absolute Gasteiger partial charge is 0.330 e. The molecule has 1 atom stereocenters. The monoisotopic (exact) mass is 241 g/mol. The highest BCUT2D eigenvalue weighted by molar-refractivity contribution is 4.71. The molecule has 1 rings (SSSR count). The van der Waals surface area contributed by atoms with Gasteiger partial charge in [-0.1, -0.05) is 26.7 Å². The van der Waals surface area contributed by atoms with Crippen LogP contribution in [0.3, 0.4) is 0 Å². The fourth-order valence-corrected chi connectivity index (χ4v) is 2.53. The van der Waals surface area contributed by atoms with Crippen LogP contribution in [0.2, 0.25) is 0 Å². The zero-order valence-corrected chi connectivity index (χ0v) is 11.8. The topological polar surface area (TPSA) is 32.5 Å². The van der Waals surface area contributed by atoms with Gasteiger partial charge in [0.1, 0.15) is 0 Å². The Balaban J connectivity index is 2.19. The normalized spacial score (nSPS) is 21.4. The Bertz CT molecular complexity index is 184. The Labute approximate surface area is 107 Å². The lowest BCUT2D eigenvalue weighted by molar-refractivity contribution is 0.233. The molecule has 0 amide bonds. The average Bonchev–Trinajstić information content (AvgIpc) is 2.55. The lowest BCUT2D eigenvalue weighted by Crippen LogP contribution is -2.35. The van der Waals surface area contributed by atoms with Crippen molar-refractivity contribution >= 4 is 0 Å². The molecule has 3 heteroatoms. The molecule has 1 aliphatic heterocycles. The SMILES string of the molecule is CCCCCN1CCCN(CC(C)CN)CC1. The van der Waals surface area contributed by atoms with E-state index < -0.39 is 0 Å². The van der Waals surface area contributed by atoms with Crippen LogP contribution in [0.5, 0.6) is 0 Å². The van der Waals surface area contributed by atoms with Crippen molar-refractivity contribution in [2.75, 3.05) is 45.8 Å². The summed E-state index contributed by atoms with van der Waals surface area (Å²) in [6.07, 6.45) is 5.40. The number of hydrogen-bond acceptors (Lipinski definition) is 3. The molecule has 0 aromatic rings. The molecular formula is C14H31N3. The van der Waals surface area contributed by atoms with E-state index in [9.17, 15) is 0 Å². The lowest BCUT2D eigenvalue weighted by atomic mass is 10.1. The van der Waals surface area contributed by atoms with Crippen molar-refractivity contribution < 1.29 is 0 Å². The Kier molecular flexibility index (Phi) is 7.82. The lowest BCUT2D eigenvalue weighted by Gasteiger charge is -2.24. The molecule has 0 aliphatic carbocycles. The maximum Gasteiger partial charge on any atom is 0.0109 e. The maximum absolute atomic E-state index is 5.70. The van der Waals surface area contributed by atoms with E-state index in [1.165, 1.54) is 65.0 Å². The van der Waals surface area contributed by atoms with Gasteiger partial charge in [-0.25, -0.2) is 0 Å². The first-order valence-electron chi connectivity index (χ1n) is 7.41. The van der Waals surface area contributed by atoms with Crippen LogP contribution >= 0.6 is 0 Å². The minimum atomic E-state index is 0.640. The molecule has 1 saturated heterocycles. The predicted molar refractivity (Wildman–Crippen MR) is 75.2 cm³/mol. The Morgan fingerprint density at radius 2 is 1.76 bits per heavy atom. The predicted octanol–water partition coefficient (Wildman–Crippen LogP) is 1.78. The molecule has 102 valence electrons. The summed E-state index contributed by atoms with van der Waals surface area (Å²) >= 11 is 0. The summed E-state index contributed by atoms with van der Waals surface area (Å²) in [7, 11) is 0. The van der Waals surface area contributed by atoms with Gasteiger partial charge in [-0.15, -0.1) is 0 Å². The van der Waals surface area contributed by atoms with E-state index in [-0.39, 0.29) is 0 Å². The Morgan fingerprint density at radius 3 is 2.47 bits per heavy atom. The Morgan fingerprint density at radius 1 is 1.06 bits per heavy atom. The van der Waals surface area contributed by atoms with Crippen LogP contribution in [-0.4, -0.2) is 55.6 Å². The van der Waals surface area contributed by atoms with Crippen LogP contribution in [0.4, 0.5) is 0 Å². The molecule has 0 saturated carbocycles. The molecule has 3 nitrogen and oxygen atoms in total. The average molecular weight is 241 g/mol. The molecule has 0 aromatic heterocycles. The summed E-state index contributed by atoms with van der Waals surface area (Å²) in [4.78, 5) is 5.24. The third kappa shape index (κ3) is 6.39. The smallest absolute Gasteiger partial charge is 0.0109 e. The van der Waals surface area contributed by atoms with E-state index in [4.69, 9.17) is 5.73 Å². The third-order valence-electron chi connectivity index (χ3n) is 3.73. The molecule has 1 heterocycles. The number of unbranched alkanes of at least 4 members (excludes halogenated alkanes) is 2. The van der Waals surface area contributed by atoms with Crippen LogP contribution in [0.1, 0.15) is 39.5 Å². The third-order valence-corrected chi connectivity index (χ3v) is 3.73. The number of hydrogen-bond donors (Lipinski definition) is 1. The second kappa shape index (κ2) is 8.90. The first kappa shape index (κ1) is 14.9. The molecule has 0 spiro atoms. The second-order valence-corrected chi connectivity index (χ2v) is 5.54. The summed E-state index contributed by atoms with van der Waals surface area (Å²) in [5, 5.41) is 0. The van der Waals surface area contributed by atoms with Crippen LogP contribution in [-0.2, 0) is 0 Å². The highest BCUT2D eigenvalue weighted by Gasteiger charge is 2.15. The van der Waals surface area contributed by atoms with E-state index >= 15 is 0 Å². The second-order valence-electron chi connectivity index (χ2n) is 5.54. The summed E-state index contributed by atoms with van der Waals surface area (Å²) in [5.41, 5.74) is 5.70. The zero-order chi connectivity index (χ0) is 12.5. The van der Waals surface area contributed by atoms with Crippen molar-refractivity contribution in [2.24, 2.45) is 11.7 Å². The quantitative estimate of drug-likeness (QED) is 0.690. The van der Waals surface area contributed by atoms with Gasteiger partial charge in [0, 0.05) is 19.6 Å². The van der Waals surface area contributed by atoms with Gasteiger partial charge in [0.2, 0.25) is 0 Å². The molecule has 2 N–H and O–H groups in total. The van der Waals surface area contributed by atoms with Crippen molar-refractivity contribution in [3.8, 4) is 0 Å². The fourth-order valence-electron chi connectivity index (χ4n) is 2.53. The molecule has 0 aromatic carbocycles. The van der Waals surface area contributed by atoms with Gasteiger partial charge in [0.05, 0.1) is 0 Å². The summed E-state index contributed by atoms with van der Waals surface area (Å²) in [6.45, 7) is 12.9. The number of rotatable bonds is 7. The van der Waals surface area contributed by atoms with Crippen LogP contribution in [0, 0.1) is 5.92 Å². The van der Waals surface area contributed by atoms with Crippen molar-refractivity contribution in [1.82, 2.24) is 9.80 Å². The molecule has 1 aliphatic rings. The van der Waals surface area contributed by atoms with Crippen LogP contribution in [0.15, 0.2) is 0 Å². The standard InChI is InChI=1S/C14H31N3/c1-3-4-5-7-16-8-6-9-17(11-10-16)13-14(2)12-15/h14H,3-13,15H2,1-2H3. The maximum atomic E-state index is 5.70. The summed E-state index contributed by atoms with van der Waals surface area (Å²) in [6, 6.07) is 0. The van der Waals surface area contributed by atoms with Crippen molar-refractivity contribution in [2.45, 2.75) is 39.5 Å². The van der Waals surface area contributed by atoms with E-state index in [1.807, 2.05) is 0 Å². The summed E-state index contributed by atoms with van der Waals surface area (Å²) < 4.78 is 0. The fraction of sp³-hybridized carbons (Fsp3) is 1.00. The minimum Gasteiger partial charge on any atom is -0.330 e. The first-order valence-corrected chi connectivity index (χ1v) is 7.41. The van der Waals surface area contributed by atoms with Crippen LogP contribution in [0.25, 0.3) is 0 Å². The van der Waals surface area contributed by atoms with Crippen molar-refractivity contribution in [3.63, 3.8) is 0 Å². The highest BCUT2D eigenvalue weighted by atomic mass is 15.2. The van der Waals surface area contributed by atoms with E-state index in [0.29, 0.717) is 5.92 Å². The molecule has 1 unspecified atom stereocenters. The van der Waals surface area contributed by atoms with Gasteiger partial charge in [0.15, 0.2) is 0 Å². The van der Waals surface area contributed by atoms with Gasteiger partial charge in [-0.2, -0.15) is 0 Å².